The molecular weight excluding hydrogens is 262 g/mol. The van der Waals surface area contributed by atoms with Gasteiger partial charge in [0, 0.05) is 11.8 Å². The number of anilines is 1. The lowest BCUT2D eigenvalue weighted by molar-refractivity contribution is 0.355. The second kappa shape index (κ2) is 6.08. The van der Waals surface area contributed by atoms with Crippen LogP contribution in [0.3, 0.4) is 0 Å². The molecule has 2 aromatic rings. The summed E-state index contributed by atoms with van der Waals surface area (Å²) in [5.41, 5.74) is 2.41. The number of hydrogen-bond donors (Lipinski definition) is 1. The molecule has 1 unspecified atom stereocenters. The van der Waals surface area contributed by atoms with Crippen LogP contribution in [0.25, 0.3) is 0 Å². The quantitative estimate of drug-likeness (QED) is 0.859. The van der Waals surface area contributed by atoms with Crippen LogP contribution < -0.4 is 14.8 Å². The summed E-state index contributed by atoms with van der Waals surface area (Å²) in [6.07, 6.45) is 2.58. The molecule has 0 aromatic heterocycles. The van der Waals surface area contributed by atoms with Crippen molar-refractivity contribution in [2.45, 2.75) is 18.9 Å². The first-order chi connectivity index (χ1) is 10.3. The van der Waals surface area contributed by atoms with Crippen molar-refractivity contribution in [2.24, 2.45) is 5.92 Å². The molecule has 2 aromatic carbocycles. The van der Waals surface area contributed by atoms with Crippen LogP contribution in [-0.4, -0.2) is 14.2 Å². The fraction of sp³-hybridized carbons (Fsp3) is 0.333. The molecule has 3 heteroatoms. The van der Waals surface area contributed by atoms with E-state index in [-0.39, 0.29) is 0 Å². The Balaban J connectivity index is 1.83. The van der Waals surface area contributed by atoms with Crippen LogP contribution in [0.5, 0.6) is 11.5 Å². The van der Waals surface area contributed by atoms with E-state index in [1.54, 1.807) is 14.2 Å². The molecule has 0 bridgehead atoms. The van der Waals surface area contributed by atoms with Gasteiger partial charge in [0.25, 0.3) is 0 Å². The predicted molar refractivity (Wildman–Crippen MR) is 85.1 cm³/mol. The maximum Gasteiger partial charge on any atom is 0.162 e. The summed E-state index contributed by atoms with van der Waals surface area (Å²) < 4.78 is 10.7. The van der Waals surface area contributed by atoms with Gasteiger partial charge in [-0.2, -0.15) is 0 Å². The summed E-state index contributed by atoms with van der Waals surface area (Å²) in [6, 6.07) is 17.0. The summed E-state index contributed by atoms with van der Waals surface area (Å²) in [6.45, 7) is 0. The monoisotopic (exact) mass is 283 g/mol. The van der Waals surface area contributed by atoms with Gasteiger partial charge in [0.2, 0.25) is 0 Å². The van der Waals surface area contributed by atoms with Crippen molar-refractivity contribution in [2.75, 3.05) is 19.5 Å². The van der Waals surface area contributed by atoms with E-state index < -0.39 is 0 Å². The fourth-order valence-corrected chi connectivity index (χ4v) is 2.67. The first-order valence-electron chi connectivity index (χ1n) is 7.35. The SMILES string of the molecule is COc1ccc(NC(c2ccccc2)C2CC2)cc1OC. The molecule has 0 saturated heterocycles. The van der Waals surface area contributed by atoms with Crippen molar-refractivity contribution in [1.82, 2.24) is 0 Å². The second-order valence-electron chi connectivity index (χ2n) is 5.44. The first-order valence-corrected chi connectivity index (χ1v) is 7.35. The fourth-order valence-electron chi connectivity index (χ4n) is 2.67. The van der Waals surface area contributed by atoms with Crippen molar-refractivity contribution < 1.29 is 9.47 Å². The topological polar surface area (TPSA) is 30.5 Å². The van der Waals surface area contributed by atoms with Gasteiger partial charge in [-0.1, -0.05) is 30.3 Å². The molecule has 1 atom stereocenters. The minimum Gasteiger partial charge on any atom is -0.493 e. The van der Waals surface area contributed by atoms with Crippen LogP contribution in [0.4, 0.5) is 5.69 Å². The third-order valence-electron chi connectivity index (χ3n) is 3.96. The normalized spacial score (nSPS) is 15.3. The Morgan fingerprint density at radius 1 is 0.952 bits per heavy atom. The maximum absolute atomic E-state index is 5.38. The molecular formula is C18H21NO2. The van der Waals surface area contributed by atoms with Gasteiger partial charge in [0.1, 0.15) is 0 Å². The van der Waals surface area contributed by atoms with Gasteiger partial charge in [0.05, 0.1) is 20.3 Å². The van der Waals surface area contributed by atoms with Gasteiger partial charge in [-0.05, 0) is 36.5 Å². The number of methoxy groups -OCH3 is 2. The molecule has 0 spiro atoms. The Labute approximate surface area is 125 Å². The zero-order valence-electron chi connectivity index (χ0n) is 12.5. The lowest BCUT2D eigenvalue weighted by atomic mass is 10.0. The number of rotatable bonds is 6. The molecule has 1 saturated carbocycles. The maximum atomic E-state index is 5.38. The predicted octanol–water partition coefficient (Wildman–Crippen LogP) is 4.27. The highest BCUT2D eigenvalue weighted by atomic mass is 16.5. The van der Waals surface area contributed by atoms with Gasteiger partial charge in [-0.15, -0.1) is 0 Å². The molecule has 0 aliphatic heterocycles. The first kappa shape index (κ1) is 13.8. The molecule has 21 heavy (non-hydrogen) atoms. The third-order valence-corrected chi connectivity index (χ3v) is 3.96. The van der Waals surface area contributed by atoms with Crippen LogP contribution in [0, 0.1) is 5.92 Å². The Morgan fingerprint density at radius 2 is 1.67 bits per heavy atom. The molecule has 0 radical (unpaired) electrons. The Hall–Kier alpha value is -2.16. The lowest BCUT2D eigenvalue weighted by Crippen LogP contribution is -2.12. The minimum atomic E-state index is 0.365. The molecule has 1 N–H and O–H groups in total. The second-order valence-corrected chi connectivity index (χ2v) is 5.44. The average Bonchev–Trinajstić information content (AvgIpc) is 3.38. The van der Waals surface area contributed by atoms with E-state index in [4.69, 9.17) is 9.47 Å². The lowest BCUT2D eigenvalue weighted by Gasteiger charge is -2.21. The number of benzene rings is 2. The van der Waals surface area contributed by atoms with Gasteiger partial charge in [-0.3, -0.25) is 0 Å². The standard InChI is InChI=1S/C18H21NO2/c1-20-16-11-10-15(12-17(16)21-2)19-18(14-8-9-14)13-6-4-3-5-7-13/h3-7,10-12,14,18-19H,8-9H2,1-2H3. The number of nitrogens with one attached hydrogen (secondary N) is 1. The van der Waals surface area contributed by atoms with Crippen LogP contribution in [0.2, 0.25) is 0 Å². The smallest absolute Gasteiger partial charge is 0.162 e. The minimum absolute atomic E-state index is 0.365. The van der Waals surface area contributed by atoms with Crippen molar-refractivity contribution in [3.8, 4) is 11.5 Å². The van der Waals surface area contributed by atoms with Crippen LogP contribution in [0.15, 0.2) is 48.5 Å². The molecule has 1 aliphatic rings. The Bertz CT molecular complexity index is 593. The van der Waals surface area contributed by atoms with E-state index in [1.165, 1.54) is 18.4 Å². The Morgan fingerprint density at radius 3 is 2.29 bits per heavy atom. The molecule has 1 fully saturated rings. The van der Waals surface area contributed by atoms with Crippen LogP contribution >= 0.6 is 0 Å². The molecule has 1 aliphatic carbocycles. The average molecular weight is 283 g/mol. The molecule has 0 heterocycles. The highest BCUT2D eigenvalue weighted by molar-refractivity contribution is 5.56. The van der Waals surface area contributed by atoms with Crippen molar-refractivity contribution in [3.05, 3.63) is 54.1 Å². The van der Waals surface area contributed by atoms with E-state index in [9.17, 15) is 0 Å². The number of hydrogen-bond acceptors (Lipinski definition) is 3. The van der Waals surface area contributed by atoms with Gasteiger partial charge < -0.3 is 14.8 Å². The van der Waals surface area contributed by atoms with Gasteiger partial charge in [0.15, 0.2) is 11.5 Å². The molecule has 110 valence electrons. The zero-order valence-corrected chi connectivity index (χ0v) is 12.5. The third kappa shape index (κ3) is 3.13. The highest BCUT2D eigenvalue weighted by Crippen LogP contribution is 2.43. The van der Waals surface area contributed by atoms with Crippen molar-refractivity contribution in [3.63, 3.8) is 0 Å². The highest BCUT2D eigenvalue weighted by Gasteiger charge is 2.32. The molecule has 3 nitrogen and oxygen atoms in total. The van der Waals surface area contributed by atoms with E-state index in [0.29, 0.717) is 6.04 Å². The number of ether oxygens (including phenoxy) is 2. The summed E-state index contributed by atoms with van der Waals surface area (Å²) >= 11 is 0. The van der Waals surface area contributed by atoms with E-state index in [2.05, 4.69) is 35.6 Å². The zero-order chi connectivity index (χ0) is 14.7. The summed E-state index contributed by atoms with van der Waals surface area (Å²) in [5, 5.41) is 3.65. The largest absolute Gasteiger partial charge is 0.493 e. The van der Waals surface area contributed by atoms with Crippen LogP contribution in [-0.2, 0) is 0 Å². The molecule has 0 amide bonds. The summed E-state index contributed by atoms with van der Waals surface area (Å²) in [7, 11) is 3.32. The van der Waals surface area contributed by atoms with E-state index >= 15 is 0 Å². The summed E-state index contributed by atoms with van der Waals surface area (Å²) in [4.78, 5) is 0. The van der Waals surface area contributed by atoms with Crippen molar-refractivity contribution in [1.29, 1.82) is 0 Å². The Kier molecular flexibility index (Phi) is 4.00. The van der Waals surface area contributed by atoms with Gasteiger partial charge >= 0.3 is 0 Å². The van der Waals surface area contributed by atoms with E-state index in [1.807, 2.05) is 18.2 Å². The molecule has 3 rings (SSSR count). The summed E-state index contributed by atoms with van der Waals surface area (Å²) in [5.74, 6) is 2.23. The van der Waals surface area contributed by atoms with E-state index in [0.717, 1.165) is 23.1 Å². The van der Waals surface area contributed by atoms with Crippen molar-refractivity contribution >= 4 is 5.69 Å². The van der Waals surface area contributed by atoms with Gasteiger partial charge in [-0.25, -0.2) is 0 Å². The van der Waals surface area contributed by atoms with Crippen LogP contribution in [0.1, 0.15) is 24.4 Å².